The first-order valence-electron chi connectivity index (χ1n) is 3.80. The second kappa shape index (κ2) is 4.16. The molecule has 0 aliphatic carbocycles. The van der Waals surface area contributed by atoms with Crippen LogP contribution in [0.4, 0.5) is 0 Å². The predicted octanol–water partition coefficient (Wildman–Crippen LogP) is 2.34. The summed E-state index contributed by atoms with van der Waals surface area (Å²) >= 11 is 3.15. The molecule has 0 amide bonds. The van der Waals surface area contributed by atoms with E-state index >= 15 is 0 Å². The fourth-order valence-electron chi connectivity index (χ4n) is 1.06. The van der Waals surface area contributed by atoms with E-state index in [0.717, 1.165) is 0 Å². The van der Waals surface area contributed by atoms with Crippen LogP contribution in [0.2, 0.25) is 0 Å². The van der Waals surface area contributed by atoms with Crippen LogP contribution in [0.25, 0.3) is 0 Å². The summed E-state index contributed by atoms with van der Waals surface area (Å²) in [6.07, 6.45) is 0.634. The van der Waals surface area contributed by atoms with Gasteiger partial charge >= 0.3 is 0 Å². The number of halogens is 1. The highest BCUT2D eigenvalue weighted by Gasteiger charge is 2.10. The van der Waals surface area contributed by atoms with Crippen molar-refractivity contribution in [2.24, 2.45) is 0 Å². The Morgan fingerprint density at radius 3 is 2.64 bits per heavy atom. The number of nitrogens with zero attached hydrogens (tertiary/aromatic N) is 1. The van der Waals surface area contributed by atoms with Crippen molar-refractivity contribution in [3.05, 3.63) is 33.3 Å². The van der Waals surface area contributed by atoms with Crippen molar-refractivity contribution in [1.29, 1.82) is 5.26 Å². The molecule has 1 rings (SSSR count). The van der Waals surface area contributed by atoms with Gasteiger partial charge in [0.05, 0.1) is 11.6 Å². The lowest BCUT2D eigenvalue weighted by atomic mass is 10.0. The fraction of sp³-hybridized carbons (Fsp3) is 0.100. The minimum Gasteiger partial charge on any atom is -0.298 e. The van der Waals surface area contributed by atoms with Gasteiger partial charge in [0, 0.05) is 15.6 Å². The number of hydrogen-bond donors (Lipinski definition) is 0. The van der Waals surface area contributed by atoms with E-state index in [1.807, 2.05) is 6.07 Å². The number of ketones is 1. The van der Waals surface area contributed by atoms with Gasteiger partial charge in [-0.15, -0.1) is 0 Å². The largest absolute Gasteiger partial charge is 0.298 e. The summed E-state index contributed by atoms with van der Waals surface area (Å²) in [4.78, 5) is 21.7. The molecule has 0 aromatic heterocycles. The molecule has 1 aromatic carbocycles. The van der Waals surface area contributed by atoms with Crippen molar-refractivity contribution in [1.82, 2.24) is 0 Å². The molecule has 0 atom stereocenters. The molecule has 0 spiro atoms. The SMILES string of the molecule is CC(=O)c1cc(Br)c(C=O)cc1C#N. The maximum Gasteiger partial charge on any atom is 0.161 e. The lowest BCUT2D eigenvalue weighted by Gasteiger charge is -2.02. The molecule has 14 heavy (non-hydrogen) atoms. The van der Waals surface area contributed by atoms with Crippen LogP contribution in [-0.4, -0.2) is 12.1 Å². The zero-order valence-corrected chi connectivity index (χ0v) is 8.96. The molecule has 0 fully saturated rings. The average Bonchev–Trinajstić information content (AvgIpc) is 2.17. The molecule has 0 heterocycles. The van der Waals surface area contributed by atoms with Crippen LogP contribution >= 0.6 is 15.9 Å². The van der Waals surface area contributed by atoms with E-state index in [9.17, 15) is 9.59 Å². The minimum atomic E-state index is -0.195. The summed E-state index contributed by atoms with van der Waals surface area (Å²) < 4.78 is 0.525. The van der Waals surface area contributed by atoms with Crippen molar-refractivity contribution in [2.75, 3.05) is 0 Å². The number of Topliss-reactive ketones (excluding diaryl/α,β-unsaturated/α-hetero) is 1. The summed E-state index contributed by atoms with van der Waals surface area (Å²) in [6.45, 7) is 1.38. The van der Waals surface area contributed by atoms with Gasteiger partial charge in [-0.05, 0) is 19.1 Å². The first-order valence-corrected chi connectivity index (χ1v) is 4.59. The van der Waals surface area contributed by atoms with E-state index < -0.39 is 0 Å². The molecular weight excluding hydrogens is 246 g/mol. The monoisotopic (exact) mass is 251 g/mol. The number of benzene rings is 1. The summed E-state index contributed by atoms with van der Waals surface area (Å²) in [5.41, 5.74) is 0.916. The number of aldehydes is 1. The number of carbonyl (C=O) groups excluding carboxylic acids is 2. The smallest absolute Gasteiger partial charge is 0.161 e. The second-order valence-electron chi connectivity index (χ2n) is 2.71. The first-order chi connectivity index (χ1) is 6.60. The summed E-state index contributed by atoms with van der Waals surface area (Å²) in [6, 6.07) is 4.77. The Labute approximate surface area is 89.5 Å². The highest BCUT2D eigenvalue weighted by Crippen LogP contribution is 2.21. The third kappa shape index (κ3) is 1.88. The van der Waals surface area contributed by atoms with E-state index in [0.29, 0.717) is 21.9 Å². The topological polar surface area (TPSA) is 57.9 Å². The molecule has 0 saturated heterocycles. The third-order valence-corrected chi connectivity index (χ3v) is 2.45. The summed E-state index contributed by atoms with van der Waals surface area (Å²) in [7, 11) is 0. The Morgan fingerprint density at radius 1 is 1.57 bits per heavy atom. The number of nitriles is 1. The summed E-state index contributed by atoms with van der Waals surface area (Å²) in [5, 5.41) is 8.74. The Bertz CT molecular complexity index is 446. The molecular formula is C10H6BrNO2. The van der Waals surface area contributed by atoms with Gasteiger partial charge in [0.25, 0.3) is 0 Å². The van der Waals surface area contributed by atoms with Crippen molar-refractivity contribution < 1.29 is 9.59 Å². The normalized spacial score (nSPS) is 9.21. The van der Waals surface area contributed by atoms with Crippen molar-refractivity contribution in [3.63, 3.8) is 0 Å². The van der Waals surface area contributed by atoms with Crippen LogP contribution in [0, 0.1) is 11.3 Å². The molecule has 0 aliphatic rings. The average molecular weight is 252 g/mol. The molecule has 70 valence electrons. The van der Waals surface area contributed by atoms with Gasteiger partial charge in [-0.25, -0.2) is 0 Å². The minimum absolute atomic E-state index is 0.195. The molecule has 1 aromatic rings. The molecule has 4 heteroatoms. The zero-order valence-electron chi connectivity index (χ0n) is 7.37. The maximum atomic E-state index is 11.1. The van der Waals surface area contributed by atoms with Crippen molar-refractivity contribution in [3.8, 4) is 6.07 Å². The predicted molar refractivity (Wildman–Crippen MR) is 54.2 cm³/mol. The summed E-state index contributed by atoms with van der Waals surface area (Å²) in [5.74, 6) is -0.195. The quantitative estimate of drug-likeness (QED) is 0.599. The van der Waals surface area contributed by atoms with Gasteiger partial charge in [-0.1, -0.05) is 15.9 Å². The number of rotatable bonds is 2. The highest BCUT2D eigenvalue weighted by atomic mass is 79.9. The lowest BCUT2D eigenvalue weighted by Crippen LogP contribution is -1.98. The molecule has 0 radical (unpaired) electrons. The van der Waals surface area contributed by atoms with Crippen molar-refractivity contribution >= 4 is 28.0 Å². The van der Waals surface area contributed by atoms with Crippen LogP contribution < -0.4 is 0 Å². The standard InChI is InChI=1S/C10H6BrNO2/c1-6(14)9-3-10(11)8(5-13)2-7(9)4-12/h2-3,5H,1H3. The van der Waals surface area contributed by atoms with E-state index in [4.69, 9.17) is 5.26 Å². The van der Waals surface area contributed by atoms with Gasteiger partial charge in [0.15, 0.2) is 12.1 Å². The first kappa shape index (κ1) is 10.6. The molecule has 0 saturated carbocycles. The second-order valence-corrected chi connectivity index (χ2v) is 3.56. The number of hydrogen-bond acceptors (Lipinski definition) is 3. The van der Waals surface area contributed by atoms with Crippen LogP contribution in [0.3, 0.4) is 0 Å². The van der Waals surface area contributed by atoms with Crippen LogP contribution in [0.15, 0.2) is 16.6 Å². The van der Waals surface area contributed by atoms with Gasteiger partial charge < -0.3 is 0 Å². The number of carbonyl (C=O) groups is 2. The van der Waals surface area contributed by atoms with E-state index in [1.165, 1.54) is 19.1 Å². The van der Waals surface area contributed by atoms with Gasteiger partial charge in [-0.2, -0.15) is 5.26 Å². The zero-order chi connectivity index (χ0) is 10.7. The van der Waals surface area contributed by atoms with Gasteiger partial charge in [0.2, 0.25) is 0 Å². The van der Waals surface area contributed by atoms with E-state index in [1.54, 1.807) is 0 Å². The lowest BCUT2D eigenvalue weighted by molar-refractivity contribution is 0.101. The third-order valence-electron chi connectivity index (χ3n) is 1.76. The Morgan fingerprint density at radius 2 is 2.21 bits per heavy atom. The van der Waals surface area contributed by atoms with Crippen LogP contribution in [0.1, 0.15) is 33.2 Å². The van der Waals surface area contributed by atoms with Crippen LogP contribution in [0.5, 0.6) is 0 Å². The Hall–Kier alpha value is -1.47. The molecule has 3 nitrogen and oxygen atoms in total. The van der Waals surface area contributed by atoms with Crippen molar-refractivity contribution in [2.45, 2.75) is 6.92 Å². The van der Waals surface area contributed by atoms with Gasteiger partial charge in [0.1, 0.15) is 0 Å². The molecule has 0 bridgehead atoms. The Balaban J connectivity index is 3.48. The fourth-order valence-corrected chi connectivity index (χ4v) is 1.50. The van der Waals surface area contributed by atoms with E-state index in [2.05, 4.69) is 15.9 Å². The van der Waals surface area contributed by atoms with Gasteiger partial charge in [-0.3, -0.25) is 9.59 Å². The maximum absolute atomic E-state index is 11.1. The molecule has 0 aliphatic heterocycles. The molecule has 0 N–H and O–H groups in total. The molecule has 0 unspecified atom stereocenters. The van der Waals surface area contributed by atoms with Crippen LogP contribution in [-0.2, 0) is 0 Å². The van der Waals surface area contributed by atoms with E-state index in [-0.39, 0.29) is 11.3 Å². The Kier molecular flexibility index (Phi) is 3.15. The highest BCUT2D eigenvalue weighted by molar-refractivity contribution is 9.10.